The molecule has 0 spiro atoms. The predicted octanol–water partition coefficient (Wildman–Crippen LogP) is 5.56. The van der Waals surface area contributed by atoms with Crippen molar-refractivity contribution in [2.75, 3.05) is 6.61 Å². The molecule has 134 valence electrons. The van der Waals surface area contributed by atoms with Crippen molar-refractivity contribution in [1.29, 1.82) is 0 Å². The smallest absolute Gasteiger partial charge is 0.383 e. The second-order valence-electron chi connectivity index (χ2n) is 5.71. The maximum atomic E-state index is 13.1. The summed E-state index contributed by atoms with van der Waals surface area (Å²) in [6.45, 7) is 1.98. The molecule has 1 atom stereocenters. The average Bonchev–Trinajstić information content (AvgIpc) is 2.62. The number of benzene rings is 3. The van der Waals surface area contributed by atoms with E-state index in [9.17, 15) is 14.7 Å². The lowest BCUT2D eigenvalue weighted by molar-refractivity contribution is -0.384. The number of hydrogen-bond donors (Lipinski definition) is 0. The molecule has 0 aliphatic carbocycles. The van der Waals surface area contributed by atoms with Gasteiger partial charge in [0.15, 0.2) is 0 Å². The summed E-state index contributed by atoms with van der Waals surface area (Å²) >= 11 is 0. The molecule has 0 amide bonds. The van der Waals surface area contributed by atoms with E-state index in [1.54, 1.807) is 6.92 Å². The van der Waals surface area contributed by atoms with Gasteiger partial charge in [0.1, 0.15) is 5.75 Å². The van der Waals surface area contributed by atoms with E-state index < -0.39 is 12.5 Å². The Morgan fingerprint density at radius 2 is 1.69 bits per heavy atom. The van der Waals surface area contributed by atoms with Gasteiger partial charge in [0.05, 0.1) is 17.7 Å². The van der Waals surface area contributed by atoms with E-state index in [1.807, 2.05) is 42.5 Å². The molecular weight excluding hydrogens is 353 g/mol. The Labute approximate surface area is 151 Å². The maximum Gasteiger partial charge on any atom is 0.383 e. The molecule has 0 aliphatic heterocycles. The van der Waals surface area contributed by atoms with Crippen LogP contribution in [0.15, 0.2) is 66.7 Å². The lowest BCUT2D eigenvalue weighted by Gasteiger charge is -2.19. The van der Waals surface area contributed by atoms with Crippen LogP contribution in [-0.4, -0.2) is 11.5 Å². The number of rotatable bonds is 7. The van der Waals surface area contributed by atoms with Gasteiger partial charge in [-0.25, -0.2) is 4.57 Å². The van der Waals surface area contributed by atoms with Gasteiger partial charge >= 0.3 is 7.60 Å². The first-order valence-corrected chi connectivity index (χ1v) is 9.87. The Hall–Kier alpha value is -2.69. The number of nitro benzene ring substituents is 1. The molecule has 0 unspecified atom stereocenters. The molecule has 3 rings (SSSR count). The van der Waals surface area contributed by atoms with E-state index in [0.29, 0.717) is 0 Å². The summed E-state index contributed by atoms with van der Waals surface area (Å²) in [5.41, 5.74) is 0.778. The fraction of sp³-hybridized carbons (Fsp3) is 0.158. The summed E-state index contributed by atoms with van der Waals surface area (Å²) < 4.78 is 24.2. The monoisotopic (exact) mass is 371 g/mol. The SMILES string of the molecule is CCO[P@](=O)(Cc1ccc2ccccc2c1)Oc1ccc([N+](=O)[O-])cc1. The van der Waals surface area contributed by atoms with E-state index >= 15 is 0 Å². The minimum absolute atomic E-state index is 0.0573. The highest BCUT2D eigenvalue weighted by Crippen LogP contribution is 2.51. The minimum Gasteiger partial charge on any atom is -0.424 e. The topological polar surface area (TPSA) is 78.7 Å². The molecule has 3 aromatic carbocycles. The van der Waals surface area contributed by atoms with Crippen LogP contribution in [0.3, 0.4) is 0 Å². The molecule has 0 heterocycles. The fourth-order valence-corrected chi connectivity index (χ4v) is 4.34. The summed E-state index contributed by atoms with van der Waals surface area (Å²) in [6, 6.07) is 19.2. The third-order valence-electron chi connectivity index (χ3n) is 3.81. The Morgan fingerprint density at radius 3 is 2.35 bits per heavy atom. The maximum absolute atomic E-state index is 13.1. The van der Waals surface area contributed by atoms with Crippen LogP contribution in [0.1, 0.15) is 12.5 Å². The Morgan fingerprint density at radius 1 is 1.00 bits per heavy atom. The van der Waals surface area contributed by atoms with Crippen LogP contribution in [0.4, 0.5) is 5.69 Å². The van der Waals surface area contributed by atoms with Gasteiger partial charge in [-0.2, -0.15) is 0 Å². The zero-order chi connectivity index (χ0) is 18.6. The van der Waals surface area contributed by atoms with Crippen LogP contribution in [0.5, 0.6) is 5.75 Å². The van der Waals surface area contributed by atoms with E-state index in [4.69, 9.17) is 9.05 Å². The van der Waals surface area contributed by atoms with Gasteiger partial charge in [0.25, 0.3) is 5.69 Å². The molecule has 0 fully saturated rings. The van der Waals surface area contributed by atoms with Crippen molar-refractivity contribution in [3.05, 3.63) is 82.4 Å². The van der Waals surface area contributed by atoms with Crippen LogP contribution in [-0.2, 0) is 15.3 Å². The van der Waals surface area contributed by atoms with Gasteiger partial charge in [-0.3, -0.25) is 14.6 Å². The number of hydrogen-bond acceptors (Lipinski definition) is 5. The van der Waals surface area contributed by atoms with Crippen molar-refractivity contribution in [2.24, 2.45) is 0 Å². The zero-order valence-corrected chi connectivity index (χ0v) is 15.1. The number of nitro groups is 1. The molecule has 0 bridgehead atoms. The Bertz CT molecular complexity index is 971. The van der Waals surface area contributed by atoms with E-state index in [0.717, 1.165) is 16.3 Å². The van der Waals surface area contributed by atoms with Gasteiger partial charge in [-0.1, -0.05) is 42.5 Å². The van der Waals surface area contributed by atoms with Crippen molar-refractivity contribution >= 4 is 24.1 Å². The average molecular weight is 371 g/mol. The molecule has 6 nitrogen and oxygen atoms in total. The van der Waals surface area contributed by atoms with Gasteiger partial charge in [-0.15, -0.1) is 0 Å². The number of nitrogens with zero attached hydrogens (tertiary/aromatic N) is 1. The first kappa shape index (κ1) is 18.1. The second-order valence-corrected chi connectivity index (χ2v) is 7.69. The number of fused-ring (bicyclic) bond motifs is 1. The normalized spacial score (nSPS) is 13.3. The van der Waals surface area contributed by atoms with Gasteiger partial charge in [-0.05, 0) is 35.4 Å². The third-order valence-corrected chi connectivity index (χ3v) is 5.70. The summed E-state index contributed by atoms with van der Waals surface area (Å²) in [5.74, 6) is 0.271. The largest absolute Gasteiger partial charge is 0.424 e. The molecule has 0 aliphatic rings. The molecule has 0 saturated heterocycles. The standard InChI is InChI=1S/C19H18NO5P/c1-2-24-26(23,25-19-11-9-18(10-12-19)20(21)22)14-15-7-8-16-5-3-4-6-17(16)13-15/h3-13H,2,14H2,1H3/t26-/m1/s1. The van der Waals surface area contributed by atoms with Crippen molar-refractivity contribution in [2.45, 2.75) is 13.1 Å². The van der Waals surface area contributed by atoms with Crippen molar-refractivity contribution in [1.82, 2.24) is 0 Å². The molecule has 0 N–H and O–H groups in total. The molecule has 3 aromatic rings. The van der Waals surface area contributed by atoms with E-state index in [1.165, 1.54) is 24.3 Å². The third kappa shape index (κ3) is 4.28. The molecular formula is C19H18NO5P. The van der Waals surface area contributed by atoms with Crippen molar-refractivity contribution in [3.63, 3.8) is 0 Å². The summed E-state index contributed by atoms with van der Waals surface area (Å²) in [7, 11) is -3.45. The van der Waals surface area contributed by atoms with Crippen LogP contribution in [0, 0.1) is 10.1 Å². The highest BCUT2D eigenvalue weighted by Gasteiger charge is 2.27. The quantitative estimate of drug-likeness (QED) is 0.309. The predicted molar refractivity (Wildman–Crippen MR) is 101 cm³/mol. The highest BCUT2D eigenvalue weighted by molar-refractivity contribution is 7.53. The molecule has 26 heavy (non-hydrogen) atoms. The van der Waals surface area contributed by atoms with Crippen molar-refractivity contribution in [3.8, 4) is 5.75 Å². The Kier molecular flexibility index (Phi) is 5.35. The lowest BCUT2D eigenvalue weighted by Crippen LogP contribution is -2.02. The molecule has 0 aromatic heterocycles. The second kappa shape index (κ2) is 7.68. The van der Waals surface area contributed by atoms with E-state index in [-0.39, 0.29) is 24.2 Å². The van der Waals surface area contributed by atoms with Crippen LogP contribution in [0.25, 0.3) is 10.8 Å². The first-order chi connectivity index (χ1) is 12.5. The highest BCUT2D eigenvalue weighted by atomic mass is 31.2. The number of non-ortho nitro benzene ring substituents is 1. The van der Waals surface area contributed by atoms with Crippen LogP contribution in [0.2, 0.25) is 0 Å². The van der Waals surface area contributed by atoms with E-state index in [2.05, 4.69) is 0 Å². The Balaban J connectivity index is 1.83. The zero-order valence-electron chi connectivity index (χ0n) is 14.2. The van der Waals surface area contributed by atoms with Gasteiger partial charge < -0.3 is 4.52 Å². The summed E-state index contributed by atoms with van der Waals surface area (Å²) in [4.78, 5) is 10.2. The molecule has 0 saturated carbocycles. The fourth-order valence-electron chi connectivity index (χ4n) is 2.65. The summed E-state index contributed by atoms with van der Waals surface area (Å²) in [6.07, 6.45) is 0.114. The van der Waals surface area contributed by atoms with Crippen LogP contribution >= 0.6 is 7.60 Å². The van der Waals surface area contributed by atoms with Crippen molar-refractivity contribution < 1.29 is 18.5 Å². The van der Waals surface area contributed by atoms with Crippen LogP contribution < -0.4 is 4.52 Å². The van der Waals surface area contributed by atoms with Gasteiger partial charge in [0.2, 0.25) is 0 Å². The molecule has 0 radical (unpaired) electrons. The molecule has 7 heteroatoms. The first-order valence-electron chi connectivity index (χ1n) is 8.14. The van der Waals surface area contributed by atoms with Gasteiger partial charge in [0, 0.05) is 12.1 Å². The summed E-state index contributed by atoms with van der Waals surface area (Å²) in [5, 5.41) is 12.9. The minimum atomic E-state index is -3.45. The lowest BCUT2D eigenvalue weighted by atomic mass is 10.1.